The predicted molar refractivity (Wildman–Crippen MR) is 155 cm³/mol. The quantitative estimate of drug-likeness (QED) is 0.233. The summed E-state index contributed by atoms with van der Waals surface area (Å²) in [5.41, 5.74) is 1.08. The second-order valence-electron chi connectivity index (χ2n) is 11.4. The second-order valence-corrected chi connectivity index (χ2v) is 11.4. The fourth-order valence-corrected chi connectivity index (χ4v) is 4.40. The highest BCUT2D eigenvalue weighted by Gasteiger charge is 2.38. The van der Waals surface area contributed by atoms with E-state index >= 15 is 0 Å². The first kappa shape index (κ1) is 33.5. The highest BCUT2D eigenvalue weighted by Crippen LogP contribution is 2.27. The molecule has 38 heavy (non-hydrogen) atoms. The molecule has 3 unspecified atom stereocenters. The number of benzene rings is 1. The third-order valence-corrected chi connectivity index (χ3v) is 6.81. The number of ether oxygens (including phenoxy) is 1. The number of alkyl carbamates (subject to hydrolysis) is 1. The molecule has 1 rings (SSSR count). The molecule has 0 bridgehead atoms. The first-order chi connectivity index (χ1) is 18.0. The van der Waals surface area contributed by atoms with Crippen molar-refractivity contribution in [3.05, 3.63) is 35.4 Å². The van der Waals surface area contributed by atoms with Gasteiger partial charge in [0.05, 0.1) is 0 Å². The van der Waals surface area contributed by atoms with Crippen LogP contribution in [0.25, 0.3) is 0 Å². The van der Waals surface area contributed by atoms with Gasteiger partial charge < -0.3 is 20.3 Å². The summed E-state index contributed by atoms with van der Waals surface area (Å²) in [4.78, 5) is 42.5. The third kappa shape index (κ3) is 11.4. The molecule has 0 fully saturated rings. The molecule has 0 saturated heterocycles. The minimum absolute atomic E-state index is 0.140. The average Bonchev–Trinajstić information content (AvgIpc) is 2.85. The number of rotatable bonds is 16. The predicted octanol–water partition coefficient (Wildman–Crippen LogP) is 6.69. The fourth-order valence-electron chi connectivity index (χ4n) is 4.40. The summed E-state index contributed by atoms with van der Waals surface area (Å²) < 4.78 is 5.49. The van der Waals surface area contributed by atoms with Crippen molar-refractivity contribution < 1.29 is 19.1 Å². The Labute approximate surface area is 231 Å². The van der Waals surface area contributed by atoms with Crippen molar-refractivity contribution >= 4 is 17.9 Å². The van der Waals surface area contributed by atoms with E-state index in [0.717, 1.165) is 56.1 Å². The third-order valence-electron chi connectivity index (χ3n) is 6.81. The number of hydrogen-bond donors (Lipinski definition) is 2. The van der Waals surface area contributed by atoms with Crippen LogP contribution in [-0.2, 0) is 14.3 Å². The van der Waals surface area contributed by atoms with Crippen molar-refractivity contribution in [2.24, 2.45) is 5.92 Å². The van der Waals surface area contributed by atoms with Crippen molar-refractivity contribution in [1.29, 1.82) is 0 Å². The topological polar surface area (TPSA) is 87.7 Å². The molecule has 0 heterocycles. The van der Waals surface area contributed by atoms with E-state index in [4.69, 9.17) is 4.74 Å². The number of nitrogens with zero attached hydrogens (tertiary/aromatic N) is 1. The molecule has 2 N–H and O–H groups in total. The molecule has 0 aliphatic heterocycles. The summed E-state index contributed by atoms with van der Waals surface area (Å²) in [6, 6.07) is 6.16. The normalized spacial score (nSPS) is 13.8. The standard InChI is InChI=1S/C31H53N3O4/c1-9-12-14-18-22-34(29(36)26(23(4)11-3)33-30(37)38-31(6,7)8)27(25-20-16-15-19-24(25)5)28(35)32-21-17-13-10-2/h15-16,19-20,23,26-27H,9-14,17-18,21-22H2,1-8H3,(H,32,35)(H,33,37). The van der Waals surface area contributed by atoms with Crippen LogP contribution in [0.3, 0.4) is 0 Å². The highest BCUT2D eigenvalue weighted by molar-refractivity contribution is 5.92. The van der Waals surface area contributed by atoms with Gasteiger partial charge in [0, 0.05) is 13.1 Å². The van der Waals surface area contributed by atoms with Crippen molar-refractivity contribution in [3.8, 4) is 0 Å². The molecule has 7 nitrogen and oxygen atoms in total. The van der Waals surface area contributed by atoms with E-state index in [0.29, 0.717) is 19.5 Å². The maximum atomic E-state index is 14.3. The van der Waals surface area contributed by atoms with Gasteiger partial charge in [0.1, 0.15) is 17.7 Å². The number of nitrogens with one attached hydrogen (secondary N) is 2. The van der Waals surface area contributed by atoms with Crippen molar-refractivity contribution in [3.63, 3.8) is 0 Å². The molecule has 216 valence electrons. The molecule has 7 heteroatoms. The summed E-state index contributed by atoms with van der Waals surface area (Å²) in [7, 11) is 0. The maximum absolute atomic E-state index is 14.3. The van der Waals surface area contributed by atoms with Crippen LogP contribution in [0.5, 0.6) is 0 Å². The average molecular weight is 532 g/mol. The zero-order valence-corrected chi connectivity index (χ0v) is 25.2. The van der Waals surface area contributed by atoms with Gasteiger partial charge in [-0.05, 0) is 57.6 Å². The molecule has 3 atom stereocenters. The lowest BCUT2D eigenvalue weighted by atomic mass is 9.94. The molecule has 0 spiro atoms. The lowest BCUT2D eigenvalue weighted by Crippen LogP contribution is -2.55. The smallest absolute Gasteiger partial charge is 0.408 e. The second kappa shape index (κ2) is 17.1. The van der Waals surface area contributed by atoms with Gasteiger partial charge in [0.15, 0.2) is 0 Å². The Bertz CT molecular complexity index is 865. The van der Waals surface area contributed by atoms with Crippen molar-refractivity contribution in [2.45, 2.75) is 124 Å². The fraction of sp³-hybridized carbons (Fsp3) is 0.710. The van der Waals surface area contributed by atoms with Crippen LogP contribution in [0.4, 0.5) is 4.79 Å². The van der Waals surface area contributed by atoms with Gasteiger partial charge in [-0.15, -0.1) is 0 Å². The number of amides is 3. The summed E-state index contributed by atoms with van der Waals surface area (Å²) in [6.07, 6.45) is 6.93. The number of unbranched alkanes of at least 4 members (excludes halogenated alkanes) is 5. The summed E-state index contributed by atoms with van der Waals surface area (Å²) in [6.45, 7) is 16.6. The molecule has 0 radical (unpaired) electrons. The molecule has 1 aromatic rings. The Morgan fingerprint density at radius 3 is 2.16 bits per heavy atom. The van der Waals surface area contributed by atoms with Crippen LogP contribution in [0, 0.1) is 12.8 Å². The van der Waals surface area contributed by atoms with E-state index in [1.165, 1.54) is 0 Å². The minimum Gasteiger partial charge on any atom is -0.444 e. The van der Waals surface area contributed by atoms with Gasteiger partial charge >= 0.3 is 6.09 Å². The molecule has 0 saturated carbocycles. The SMILES string of the molecule is CCCCCCN(C(=O)C(NC(=O)OC(C)(C)C)C(C)CC)C(C(=O)NCCCCC)c1ccccc1C. The maximum Gasteiger partial charge on any atom is 0.408 e. The van der Waals surface area contributed by atoms with E-state index in [1.807, 2.05) is 45.0 Å². The van der Waals surface area contributed by atoms with Crippen LogP contribution in [-0.4, -0.2) is 47.5 Å². The molecular formula is C31H53N3O4. The van der Waals surface area contributed by atoms with Crippen LogP contribution in [0.15, 0.2) is 24.3 Å². The van der Waals surface area contributed by atoms with E-state index < -0.39 is 23.8 Å². The number of carbonyl (C=O) groups is 3. The molecule has 0 aliphatic rings. The van der Waals surface area contributed by atoms with Gasteiger partial charge in [0.2, 0.25) is 11.8 Å². The minimum atomic E-state index is -0.805. The van der Waals surface area contributed by atoms with Gasteiger partial charge in [0.25, 0.3) is 0 Å². The molecule has 0 aliphatic carbocycles. The van der Waals surface area contributed by atoms with Crippen LogP contribution < -0.4 is 10.6 Å². The van der Waals surface area contributed by atoms with E-state index in [9.17, 15) is 14.4 Å². The lowest BCUT2D eigenvalue weighted by Gasteiger charge is -2.36. The first-order valence-corrected chi connectivity index (χ1v) is 14.6. The van der Waals surface area contributed by atoms with Crippen LogP contribution >= 0.6 is 0 Å². The Hall–Kier alpha value is -2.57. The summed E-state index contributed by atoms with van der Waals surface area (Å²) in [5.74, 6) is -0.573. The van der Waals surface area contributed by atoms with E-state index in [1.54, 1.807) is 25.7 Å². The van der Waals surface area contributed by atoms with Gasteiger partial charge in [-0.1, -0.05) is 90.5 Å². The van der Waals surface area contributed by atoms with Crippen LogP contribution in [0.2, 0.25) is 0 Å². The Balaban J connectivity index is 3.46. The number of hydrogen-bond acceptors (Lipinski definition) is 4. The van der Waals surface area contributed by atoms with Crippen molar-refractivity contribution in [2.75, 3.05) is 13.1 Å². The Morgan fingerprint density at radius 1 is 0.947 bits per heavy atom. The first-order valence-electron chi connectivity index (χ1n) is 14.6. The zero-order chi connectivity index (χ0) is 28.7. The Morgan fingerprint density at radius 2 is 1.58 bits per heavy atom. The van der Waals surface area contributed by atoms with Crippen LogP contribution in [0.1, 0.15) is 117 Å². The van der Waals surface area contributed by atoms with E-state index in [2.05, 4.69) is 24.5 Å². The van der Waals surface area contributed by atoms with Crippen molar-refractivity contribution in [1.82, 2.24) is 15.5 Å². The van der Waals surface area contributed by atoms with Gasteiger partial charge in [-0.25, -0.2) is 4.79 Å². The zero-order valence-electron chi connectivity index (χ0n) is 25.2. The molecule has 0 aromatic heterocycles. The van der Waals surface area contributed by atoms with Gasteiger partial charge in [-0.3, -0.25) is 9.59 Å². The molecular weight excluding hydrogens is 478 g/mol. The number of carbonyl (C=O) groups excluding carboxylic acids is 3. The largest absolute Gasteiger partial charge is 0.444 e. The highest BCUT2D eigenvalue weighted by atomic mass is 16.6. The Kier molecular flexibility index (Phi) is 15.1. The van der Waals surface area contributed by atoms with Gasteiger partial charge in [-0.2, -0.15) is 0 Å². The molecule has 1 aromatic carbocycles. The number of aryl methyl sites for hydroxylation is 1. The lowest BCUT2D eigenvalue weighted by molar-refractivity contribution is -0.143. The monoisotopic (exact) mass is 531 g/mol. The summed E-state index contributed by atoms with van der Waals surface area (Å²) in [5, 5.41) is 5.93. The molecule has 3 amide bonds. The summed E-state index contributed by atoms with van der Waals surface area (Å²) >= 11 is 0. The van der Waals surface area contributed by atoms with E-state index in [-0.39, 0.29) is 17.7 Å².